The number of ether oxygens (including phenoxy) is 1. The molecule has 6 heteroatoms. The summed E-state index contributed by atoms with van der Waals surface area (Å²) in [6, 6.07) is 9.46. The van der Waals surface area contributed by atoms with Crippen LogP contribution in [-0.2, 0) is 13.0 Å². The summed E-state index contributed by atoms with van der Waals surface area (Å²) >= 11 is 0. The van der Waals surface area contributed by atoms with Gasteiger partial charge in [-0.15, -0.1) is 0 Å². The van der Waals surface area contributed by atoms with Crippen LogP contribution in [0.25, 0.3) is 22.2 Å². The number of aromatic nitrogens is 3. The van der Waals surface area contributed by atoms with E-state index >= 15 is 0 Å². The van der Waals surface area contributed by atoms with Gasteiger partial charge in [0.1, 0.15) is 11.4 Å². The molecule has 2 heterocycles. The van der Waals surface area contributed by atoms with E-state index in [1.807, 2.05) is 44.2 Å². The van der Waals surface area contributed by atoms with Gasteiger partial charge in [-0.05, 0) is 32.4 Å². The maximum absolute atomic E-state index is 13.2. The van der Waals surface area contributed by atoms with E-state index in [9.17, 15) is 4.79 Å². The Bertz CT molecular complexity index is 995. The Morgan fingerprint density at radius 1 is 1.12 bits per heavy atom. The van der Waals surface area contributed by atoms with Crippen molar-refractivity contribution in [2.75, 3.05) is 19.0 Å². The zero-order valence-corrected chi connectivity index (χ0v) is 15.7. The van der Waals surface area contributed by atoms with Crippen molar-refractivity contribution in [1.82, 2.24) is 14.5 Å². The number of para-hydroxylation sites is 1. The molecule has 2 aromatic heterocycles. The molecular weight excluding hydrogens is 328 g/mol. The third kappa shape index (κ3) is 3.03. The number of nitrogens with one attached hydrogen (secondary N) is 1. The first-order valence-electron chi connectivity index (χ1n) is 8.96. The highest BCUT2D eigenvalue weighted by molar-refractivity contribution is 5.85. The van der Waals surface area contributed by atoms with Gasteiger partial charge in [-0.25, -0.2) is 4.98 Å². The molecule has 0 saturated heterocycles. The van der Waals surface area contributed by atoms with Gasteiger partial charge >= 0.3 is 0 Å². The second kappa shape index (κ2) is 7.56. The number of methoxy groups -OCH3 is 1. The highest BCUT2D eigenvalue weighted by Gasteiger charge is 2.17. The molecule has 3 aromatic rings. The number of nitrogens with zero attached hydrogens (tertiary/aromatic N) is 3. The van der Waals surface area contributed by atoms with E-state index in [0.29, 0.717) is 29.5 Å². The van der Waals surface area contributed by atoms with Crippen LogP contribution >= 0.6 is 0 Å². The summed E-state index contributed by atoms with van der Waals surface area (Å²) in [5.41, 5.74) is 2.89. The van der Waals surface area contributed by atoms with Crippen molar-refractivity contribution in [3.8, 4) is 16.9 Å². The number of benzene rings is 1. The van der Waals surface area contributed by atoms with Gasteiger partial charge < -0.3 is 10.1 Å². The highest BCUT2D eigenvalue weighted by atomic mass is 16.5. The first-order chi connectivity index (χ1) is 12.6. The van der Waals surface area contributed by atoms with E-state index in [1.54, 1.807) is 11.7 Å². The van der Waals surface area contributed by atoms with Crippen molar-refractivity contribution in [1.29, 1.82) is 0 Å². The lowest BCUT2D eigenvalue weighted by Gasteiger charge is -2.15. The average molecular weight is 352 g/mol. The van der Waals surface area contributed by atoms with Crippen molar-refractivity contribution in [2.24, 2.45) is 0 Å². The fourth-order valence-corrected chi connectivity index (χ4v) is 3.16. The molecule has 0 unspecified atom stereocenters. The molecule has 0 atom stereocenters. The lowest BCUT2D eigenvalue weighted by molar-refractivity contribution is 0.416. The van der Waals surface area contributed by atoms with E-state index in [1.165, 1.54) is 0 Å². The molecule has 6 nitrogen and oxygen atoms in total. The Balaban J connectivity index is 2.39. The first-order valence-corrected chi connectivity index (χ1v) is 8.96. The SMILES string of the molecule is CCNc1nc(CC)c2cc(-c3ccccc3OC)c(=O)n(CC)c2n1. The Morgan fingerprint density at radius 2 is 1.88 bits per heavy atom. The van der Waals surface area contributed by atoms with Crippen LogP contribution in [0.5, 0.6) is 5.75 Å². The monoisotopic (exact) mass is 352 g/mol. The molecule has 0 spiro atoms. The number of fused-ring (bicyclic) bond motifs is 1. The molecule has 0 amide bonds. The van der Waals surface area contributed by atoms with Gasteiger partial charge in [0.15, 0.2) is 0 Å². The van der Waals surface area contributed by atoms with Crippen LogP contribution in [0.3, 0.4) is 0 Å². The van der Waals surface area contributed by atoms with Crippen molar-refractivity contribution >= 4 is 17.0 Å². The van der Waals surface area contributed by atoms with Gasteiger partial charge in [0, 0.05) is 24.0 Å². The van der Waals surface area contributed by atoms with Crippen molar-refractivity contribution < 1.29 is 4.74 Å². The summed E-state index contributed by atoms with van der Waals surface area (Å²) in [4.78, 5) is 22.4. The molecule has 0 aliphatic heterocycles. The molecular formula is C20H24N4O2. The molecule has 0 aliphatic rings. The van der Waals surface area contributed by atoms with E-state index in [2.05, 4.69) is 22.2 Å². The van der Waals surface area contributed by atoms with Gasteiger partial charge in [-0.3, -0.25) is 9.36 Å². The smallest absolute Gasteiger partial charge is 0.260 e. The maximum atomic E-state index is 13.2. The molecule has 0 aliphatic carbocycles. The summed E-state index contributed by atoms with van der Waals surface area (Å²) in [5, 5.41) is 4.05. The standard InChI is InChI=1S/C20H24N4O2/c1-5-16-15-12-14(13-10-8-9-11-17(13)26-4)19(25)24(7-3)18(15)23-20(22-16)21-6-2/h8-12H,5-7H2,1-4H3,(H,21,22,23). The Morgan fingerprint density at radius 3 is 2.54 bits per heavy atom. The zero-order chi connectivity index (χ0) is 18.7. The van der Waals surface area contributed by atoms with Crippen molar-refractivity contribution in [3.63, 3.8) is 0 Å². The van der Waals surface area contributed by atoms with Gasteiger partial charge in [0.25, 0.3) is 5.56 Å². The van der Waals surface area contributed by atoms with E-state index in [4.69, 9.17) is 4.74 Å². The summed E-state index contributed by atoms with van der Waals surface area (Å²) in [6.45, 7) is 7.26. The van der Waals surface area contributed by atoms with Gasteiger partial charge in [0.05, 0.1) is 18.4 Å². The molecule has 136 valence electrons. The Kier molecular flexibility index (Phi) is 5.21. The summed E-state index contributed by atoms with van der Waals surface area (Å²) in [6.07, 6.45) is 0.755. The Hall–Kier alpha value is -2.89. The topological polar surface area (TPSA) is 69.0 Å². The minimum atomic E-state index is -0.0762. The molecule has 1 N–H and O–H groups in total. The molecule has 0 saturated carbocycles. The van der Waals surface area contributed by atoms with E-state index in [-0.39, 0.29) is 5.56 Å². The summed E-state index contributed by atoms with van der Waals surface area (Å²) < 4.78 is 7.17. The third-order valence-corrected chi connectivity index (χ3v) is 4.41. The van der Waals surface area contributed by atoms with E-state index < -0.39 is 0 Å². The van der Waals surface area contributed by atoms with E-state index in [0.717, 1.165) is 29.6 Å². The van der Waals surface area contributed by atoms with Crippen molar-refractivity contribution in [2.45, 2.75) is 33.7 Å². The van der Waals surface area contributed by atoms with Crippen LogP contribution in [-0.4, -0.2) is 28.2 Å². The van der Waals surface area contributed by atoms with Gasteiger partial charge in [0.2, 0.25) is 5.95 Å². The molecule has 0 radical (unpaired) electrons. The van der Waals surface area contributed by atoms with Crippen LogP contribution in [0.15, 0.2) is 35.1 Å². The van der Waals surface area contributed by atoms with Crippen molar-refractivity contribution in [3.05, 3.63) is 46.4 Å². The fourth-order valence-electron chi connectivity index (χ4n) is 3.16. The van der Waals surface area contributed by atoms with Crippen LogP contribution in [0, 0.1) is 0 Å². The largest absolute Gasteiger partial charge is 0.496 e. The highest BCUT2D eigenvalue weighted by Crippen LogP contribution is 2.30. The fraction of sp³-hybridized carbons (Fsp3) is 0.350. The lowest BCUT2D eigenvalue weighted by Crippen LogP contribution is -2.23. The number of anilines is 1. The molecule has 1 aromatic carbocycles. The summed E-state index contributed by atoms with van der Waals surface area (Å²) in [5.74, 6) is 1.23. The second-order valence-corrected chi connectivity index (χ2v) is 5.92. The number of pyridine rings is 1. The minimum Gasteiger partial charge on any atom is -0.496 e. The first kappa shape index (κ1) is 17.9. The number of rotatable bonds is 6. The quantitative estimate of drug-likeness (QED) is 0.735. The van der Waals surface area contributed by atoms with Crippen LogP contribution in [0.4, 0.5) is 5.95 Å². The predicted molar refractivity (Wildman–Crippen MR) is 105 cm³/mol. The maximum Gasteiger partial charge on any atom is 0.260 e. The second-order valence-electron chi connectivity index (χ2n) is 5.92. The summed E-state index contributed by atoms with van der Waals surface area (Å²) in [7, 11) is 1.61. The molecule has 26 heavy (non-hydrogen) atoms. The average Bonchev–Trinajstić information content (AvgIpc) is 2.67. The molecule has 3 rings (SSSR count). The van der Waals surface area contributed by atoms with Crippen LogP contribution in [0.1, 0.15) is 26.5 Å². The van der Waals surface area contributed by atoms with Gasteiger partial charge in [-0.1, -0.05) is 25.1 Å². The van der Waals surface area contributed by atoms with Crippen LogP contribution in [0.2, 0.25) is 0 Å². The number of aryl methyl sites for hydroxylation is 2. The molecule has 0 fully saturated rings. The third-order valence-electron chi connectivity index (χ3n) is 4.41. The van der Waals surface area contributed by atoms with Crippen LogP contribution < -0.4 is 15.6 Å². The lowest BCUT2D eigenvalue weighted by atomic mass is 10.0. The predicted octanol–water partition coefficient (Wildman–Crippen LogP) is 3.48. The molecule has 0 bridgehead atoms. The normalized spacial score (nSPS) is 10.9. The Labute approximate surface area is 152 Å². The zero-order valence-electron chi connectivity index (χ0n) is 15.7. The number of hydrogen-bond acceptors (Lipinski definition) is 5. The van der Waals surface area contributed by atoms with Gasteiger partial charge in [-0.2, -0.15) is 4.98 Å². The minimum absolute atomic E-state index is 0.0762. The number of hydrogen-bond donors (Lipinski definition) is 1.